The zero-order valence-electron chi connectivity index (χ0n) is 12.0. The SMILES string of the molecule is CC(=O)c1ccccc1-c1cnc(N2CCOCC2)nc1. The number of rotatable bonds is 3. The normalized spacial score (nSPS) is 15.0. The summed E-state index contributed by atoms with van der Waals surface area (Å²) in [5.74, 6) is 0.755. The van der Waals surface area contributed by atoms with Crippen LogP contribution in [0.25, 0.3) is 11.1 Å². The number of ether oxygens (including phenoxy) is 1. The van der Waals surface area contributed by atoms with Gasteiger partial charge in [-0.2, -0.15) is 0 Å². The third-order valence-electron chi connectivity index (χ3n) is 3.55. The van der Waals surface area contributed by atoms with Gasteiger partial charge >= 0.3 is 0 Å². The minimum atomic E-state index is 0.0443. The molecule has 1 fully saturated rings. The van der Waals surface area contributed by atoms with Gasteiger partial charge in [0.05, 0.1) is 13.2 Å². The van der Waals surface area contributed by atoms with Crippen molar-refractivity contribution < 1.29 is 9.53 Å². The van der Waals surface area contributed by atoms with Gasteiger partial charge in [0.25, 0.3) is 0 Å². The molecule has 0 N–H and O–H groups in total. The van der Waals surface area contributed by atoms with Crippen LogP contribution in [0.15, 0.2) is 36.7 Å². The molecule has 0 saturated carbocycles. The van der Waals surface area contributed by atoms with Crippen LogP contribution in [0.3, 0.4) is 0 Å². The predicted octanol–water partition coefficient (Wildman–Crippen LogP) is 2.18. The molecule has 1 aliphatic heterocycles. The van der Waals surface area contributed by atoms with Gasteiger partial charge in [-0.1, -0.05) is 24.3 Å². The fraction of sp³-hybridized carbons (Fsp3) is 0.312. The molecule has 5 heteroatoms. The van der Waals surface area contributed by atoms with E-state index < -0.39 is 0 Å². The Morgan fingerprint density at radius 2 is 1.81 bits per heavy atom. The van der Waals surface area contributed by atoms with E-state index in [2.05, 4.69) is 14.9 Å². The number of aromatic nitrogens is 2. The first kappa shape index (κ1) is 13.7. The number of nitrogens with zero attached hydrogens (tertiary/aromatic N) is 3. The summed E-state index contributed by atoms with van der Waals surface area (Å²) < 4.78 is 5.32. The topological polar surface area (TPSA) is 55.3 Å². The summed E-state index contributed by atoms with van der Waals surface area (Å²) in [7, 11) is 0. The molecule has 21 heavy (non-hydrogen) atoms. The first-order valence-corrected chi connectivity index (χ1v) is 7.01. The zero-order valence-corrected chi connectivity index (χ0v) is 12.0. The van der Waals surface area contributed by atoms with Crippen molar-refractivity contribution in [3.63, 3.8) is 0 Å². The highest BCUT2D eigenvalue weighted by atomic mass is 16.5. The van der Waals surface area contributed by atoms with E-state index in [9.17, 15) is 4.79 Å². The van der Waals surface area contributed by atoms with Gasteiger partial charge in [0, 0.05) is 36.6 Å². The van der Waals surface area contributed by atoms with Gasteiger partial charge in [-0.25, -0.2) is 9.97 Å². The van der Waals surface area contributed by atoms with Crippen molar-refractivity contribution in [3.8, 4) is 11.1 Å². The van der Waals surface area contributed by atoms with Crippen molar-refractivity contribution in [2.75, 3.05) is 31.2 Å². The summed E-state index contributed by atoms with van der Waals surface area (Å²) >= 11 is 0. The lowest BCUT2D eigenvalue weighted by molar-refractivity contribution is 0.101. The summed E-state index contributed by atoms with van der Waals surface area (Å²) in [5, 5.41) is 0. The van der Waals surface area contributed by atoms with Crippen LogP contribution in [0.5, 0.6) is 0 Å². The summed E-state index contributed by atoms with van der Waals surface area (Å²) in [6.07, 6.45) is 3.55. The van der Waals surface area contributed by atoms with E-state index in [1.165, 1.54) is 0 Å². The molecule has 1 aromatic carbocycles. The van der Waals surface area contributed by atoms with E-state index >= 15 is 0 Å². The van der Waals surface area contributed by atoms with E-state index in [4.69, 9.17) is 4.74 Å². The summed E-state index contributed by atoms with van der Waals surface area (Å²) in [5.41, 5.74) is 2.43. The first-order chi connectivity index (χ1) is 10.3. The number of morpholine rings is 1. The van der Waals surface area contributed by atoms with Crippen LogP contribution in [-0.4, -0.2) is 42.1 Å². The number of ketones is 1. The molecule has 0 unspecified atom stereocenters. The Balaban J connectivity index is 1.89. The standard InChI is InChI=1S/C16H17N3O2/c1-12(20)14-4-2-3-5-15(14)13-10-17-16(18-11-13)19-6-8-21-9-7-19/h2-5,10-11H,6-9H2,1H3. The molecule has 0 amide bonds. The molecule has 2 aromatic rings. The minimum absolute atomic E-state index is 0.0443. The molecule has 0 radical (unpaired) electrons. The molecule has 1 aliphatic rings. The number of carbonyl (C=O) groups excluding carboxylic acids is 1. The second-order valence-electron chi connectivity index (χ2n) is 4.97. The Morgan fingerprint density at radius 1 is 1.14 bits per heavy atom. The average Bonchev–Trinajstić information content (AvgIpc) is 2.56. The molecule has 0 atom stereocenters. The number of hydrogen-bond acceptors (Lipinski definition) is 5. The van der Waals surface area contributed by atoms with Gasteiger partial charge in [-0.15, -0.1) is 0 Å². The largest absolute Gasteiger partial charge is 0.378 e. The zero-order chi connectivity index (χ0) is 14.7. The molecule has 0 spiro atoms. The van der Waals surface area contributed by atoms with E-state index in [1.54, 1.807) is 19.3 Å². The Hall–Kier alpha value is -2.27. The minimum Gasteiger partial charge on any atom is -0.378 e. The van der Waals surface area contributed by atoms with E-state index in [1.807, 2.05) is 24.3 Å². The number of carbonyl (C=O) groups is 1. The van der Waals surface area contributed by atoms with Crippen LogP contribution < -0.4 is 4.90 Å². The average molecular weight is 283 g/mol. The summed E-state index contributed by atoms with van der Waals surface area (Å²) in [6, 6.07) is 7.53. The molecule has 0 bridgehead atoms. The van der Waals surface area contributed by atoms with Crippen molar-refractivity contribution in [2.24, 2.45) is 0 Å². The molecule has 1 aromatic heterocycles. The van der Waals surface area contributed by atoms with Crippen molar-refractivity contribution >= 4 is 11.7 Å². The second kappa shape index (κ2) is 6.01. The van der Waals surface area contributed by atoms with Crippen LogP contribution in [0.4, 0.5) is 5.95 Å². The Kier molecular flexibility index (Phi) is 3.92. The van der Waals surface area contributed by atoms with Crippen LogP contribution in [0.2, 0.25) is 0 Å². The maximum atomic E-state index is 11.7. The molecule has 2 heterocycles. The molecular weight excluding hydrogens is 266 g/mol. The quantitative estimate of drug-likeness (QED) is 0.808. The number of anilines is 1. The maximum absolute atomic E-state index is 11.7. The second-order valence-corrected chi connectivity index (χ2v) is 4.97. The fourth-order valence-electron chi connectivity index (χ4n) is 2.43. The highest BCUT2D eigenvalue weighted by Crippen LogP contribution is 2.23. The number of hydrogen-bond donors (Lipinski definition) is 0. The Bertz CT molecular complexity index is 634. The van der Waals surface area contributed by atoms with Crippen molar-refractivity contribution in [1.29, 1.82) is 0 Å². The van der Waals surface area contributed by atoms with Gasteiger partial charge in [0.15, 0.2) is 5.78 Å². The maximum Gasteiger partial charge on any atom is 0.225 e. The summed E-state index contributed by atoms with van der Waals surface area (Å²) in [6.45, 7) is 4.60. The molecule has 3 rings (SSSR count). The van der Waals surface area contributed by atoms with E-state index in [-0.39, 0.29) is 5.78 Å². The highest BCUT2D eigenvalue weighted by Gasteiger charge is 2.14. The molecular formula is C16H17N3O2. The van der Waals surface area contributed by atoms with Gasteiger partial charge in [-0.05, 0) is 12.5 Å². The smallest absolute Gasteiger partial charge is 0.225 e. The van der Waals surface area contributed by atoms with Gasteiger partial charge in [-0.3, -0.25) is 4.79 Å². The fourth-order valence-corrected chi connectivity index (χ4v) is 2.43. The highest BCUT2D eigenvalue weighted by molar-refractivity contribution is 6.00. The van der Waals surface area contributed by atoms with Crippen LogP contribution in [0, 0.1) is 0 Å². The summed E-state index contributed by atoms with van der Waals surface area (Å²) in [4.78, 5) is 22.6. The van der Waals surface area contributed by atoms with E-state index in [0.29, 0.717) is 24.7 Å². The van der Waals surface area contributed by atoms with E-state index in [0.717, 1.165) is 24.2 Å². The van der Waals surface area contributed by atoms with Crippen molar-refractivity contribution in [1.82, 2.24) is 9.97 Å². The van der Waals surface area contributed by atoms with Crippen LogP contribution >= 0.6 is 0 Å². The van der Waals surface area contributed by atoms with Crippen molar-refractivity contribution in [2.45, 2.75) is 6.92 Å². The predicted molar refractivity (Wildman–Crippen MR) is 80.5 cm³/mol. The lowest BCUT2D eigenvalue weighted by Gasteiger charge is -2.26. The third kappa shape index (κ3) is 2.92. The van der Waals surface area contributed by atoms with Crippen molar-refractivity contribution in [3.05, 3.63) is 42.2 Å². The Labute approximate surface area is 123 Å². The van der Waals surface area contributed by atoms with Gasteiger partial charge in [0.2, 0.25) is 5.95 Å². The first-order valence-electron chi connectivity index (χ1n) is 7.01. The number of Topliss-reactive ketones (excluding diaryl/α,β-unsaturated/α-hetero) is 1. The van der Waals surface area contributed by atoms with Gasteiger partial charge in [0.1, 0.15) is 0 Å². The Morgan fingerprint density at radius 3 is 2.48 bits per heavy atom. The molecule has 5 nitrogen and oxygen atoms in total. The lowest BCUT2D eigenvalue weighted by Crippen LogP contribution is -2.37. The monoisotopic (exact) mass is 283 g/mol. The molecule has 1 saturated heterocycles. The van der Waals surface area contributed by atoms with Gasteiger partial charge < -0.3 is 9.64 Å². The van der Waals surface area contributed by atoms with Crippen LogP contribution in [-0.2, 0) is 4.74 Å². The number of benzene rings is 1. The molecule has 108 valence electrons. The van der Waals surface area contributed by atoms with Crippen LogP contribution in [0.1, 0.15) is 17.3 Å². The third-order valence-corrected chi connectivity index (χ3v) is 3.55. The lowest BCUT2D eigenvalue weighted by atomic mass is 10.00. The molecule has 0 aliphatic carbocycles.